The first-order chi connectivity index (χ1) is 16.1. The van der Waals surface area contributed by atoms with Gasteiger partial charge < -0.3 is 9.47 Å². The number of carbonyl (C=O) groups is 1. The molecule has 2 aromatic rings. The van der Waals surface area contributed by atoms with Crippen LogP contribution in [0.25, 0.3) is 11.1 Å². The van der Waals surface area contributed by atoms with Crippen LogP contribution in [0.5, 0.6) is 5.75 Å². The molecule has 2 aromatic carbocycles. The lowest BCUT2D eigenvalue weighted by Gasteiger charge is -2.29. The van der Waals surface area contributed by atoms with Gasteiger partial charge in [-0.2, -0.15) is 0 Å². The van der Waals surface area contributed by atoms with Crippen molar-refractivity contribution in [3.63, 3.8) is 0 Å². The van der Waals surface area contributed by atoms with Crippen molar-refractivity contribution in [2.45, 2.75) is 96.2 Å². The summed E-state index contributed by atoms with van der Waals surface area (Å²) in [5, 5.41) is 0. The highest BCUT2D eigenvalue weighted by molar-refractivity contribution is 5.74. The molecule has 1 fully saturated rings. The van der Waals surface area contributed by atoms with Crippen LogP contribution in [-0.2, 0) is 9.53 Å². The van der Waals surface area contributed by atoms with Gasteiger partial charge in [-0.25, -0.2) is 9.18 Å². The molecule has 180 valence electrons. The van der Waals surface area contributed by atoms with E-state index in [1.807, 2.05) is 19.1 Å². The Morgan fingerprint density at radius 1 is 0.879 bits per heavy atom. The minimum absolute atomic E-state index is 0.143. The van der Waals surface area contributed by atoms with Gasteiger partial charge in [-0.3, -0.25) is 0 Å². The molecule has 0 unspecified atom stereocenters. The van der Waals surface area contributed by atoms with Crippen molar-refractivity contribution in [3.8, 4) is 16.9 Å². The second-order valence-electron chi connectivity index (χ2n) is 9.22. The van der Waals surface area contributed by atoms with Crippen molar-refractivity contribution < 1.29 is 18.7 Å². The van der Waals surface area contributed by atoms with Crippen LogP contribution in [0.3, 0.4) is 0 Å². The lowest BCUT2D eigenvalue weighted by molar-refractivity contribution is -0.157. The Bertz CT molecular complexity index is 823. The normalized spacial score (nSPS) is 19.1. The fourth-order valence-electron chi connectivity index (χ4n) is 4.49. The van der Waals surface area contributed by atoms with Gasteiger partial charge in [-0.1, -0.05) is 75.9 Å². The van der Waals surface area contributed by atoms with E-state index in [2.05, 4.69) is 43.3 Å². The average molecular weight is 455 g/mol. The zero-order chi connectivity index (χ0) is 23.5. The molecule has 0 bridgehead atoms. The van der Waals surface area contributed by atoms with Gasteiger partial charge in [0, 0.05) is 0 Å². The van der Waals surface area contributed by atoms with E-state index >= 15 is 0 Å². The fraction of sp³-hybridized carbons (Fsp3) is 0.552. The number of hydrogen-bond donors (Lipinski definition) is 0. The number of benzene rings is 2. The van der Waals surface area contributed by atoms with Crippen LogP contribution in [0.1, 0.15) is 89.5 Å². The largest absolute Gasteiger partial charge is 0.494 e. The summed E-state index contributed by atoms with van der Waals surface area (Å²) in [5.41, 5.74) is 3.70. The number of rotatable bonds is 12. The van der Waals surface area contributed by atoms with Gasteiger partial charge in [0.25, 0.3) is 0 Å². The minimum atomic E-state index is -1.48. The van der Waals surface area contributed by atoms with Gasteiger partial charge >= 0.3 is 5.97 Å². The lowest BCUT2D eigenvalue weighted by Crippen LogP contribution is -2.28. The first-order valence-electron chi connectivity index (χ1n) is 12.8. The molecular weight excluding hydrogens is 415 g/mol. The van der Waals surface area contributed by atoms with Crippen molar-refractivity contribution >= 4 is 5.97 Å². The summed E-state index contributed by atoms with van der Waals surface area (Å²) in [7, 11) is 0. The molecule has 1 saturated carbocycles. The Hall–Kier alpha value is -2.36. The summed E-state index contributed by atoms with van der Waals surface area (Å²) >= 11 is 0. The topological polar surface area (TPSA) is 35.5 Å². The van der Waals surface area contributed by atoms with Gasteiger partial charge in [-0.15, -0.1) is 0 Å². The highest BCUT2D eigenvalue weighted by Gasteiger charge is 2.27. The van der Waals surface area contributed by atoms with Crippen molar-refractivity contribution in [1.82, 2.24) is 0 Å². The minimum Gasteiger partial charge on any atom is -0.494 e. The summed E-state index contributed by atoms with van der Waals surface area (Å²) < 4.78 is 25.1. The summed E-state index contributed by atoms with van der Waals surface area (Å²) in [5.74, 6) is 0.719. The SMILES string of the molecule is CCCCCOc1ccc(-c2ccc([C@H]3CC[C@H](OC(=O)[C@@H](F)CCCC)CC3)cc2)cc1. The third kappa shape index (κ3) is 7.87. The van der Waals surface area contributed by atoms with E-state index in [-0.39, 0.29) is 12.5 Å². The van der Waals surface area contributed by atoms with Gasteiger partial charge in [0.2, 0.25) is 0 Å². The van der Waals surface area contributed by atoms with Crippen molar-refractivity contribution in [3.05, 3.63) is 54.1 Å². The van der Waals surface area contributed by atoms with E-state index in [1.165, 1.54) is 29.5 Å². The Morgan fingerprint density at radius 2 is 1.48 bits per heavy atom. The van der Waals surface area contributed by atoms with E-state index < -0.39 is 12.1 Å². The van der Waals surface area contributed by atoms with E-state index in [1.54, 1.807) is 0 Å². The van der Waals surface area contributed by atoms with Gasteiger partial charge in [0.1, 0.15) is 11.9 Å². The molecule has 0 saturated heterocycles. The van der Waals surface area contributed by atoms with Gasteiger partial charge in [0.15, 0.2) is 6.17 Å². The molecule has 0 radical (unpaired) electrons. The van der Waals surface area contributed by atoms with Crippen LogP contribution in [0.4, 0.5) is 4.39 Å². The Labute approximate surface area is 198 Å². The smallest absolute Gasteiger partial charge is 0.340 e. The zero-order valence-corrected chi connectivity index (χ0v) is 20.2. The number of alkyl halides is 1. The maximum Gasteiger partial charge on any atom is 0.340 e. The molecule has 3 nitrogen and oxygen atoms in total. The fourth-order valence-corrected chi connectivity index (χ4v) is 4.49. The molecule has 33 heavy (non-hydrogen) atoms. The first-order valence-corrected chi connectivity index (χ1v) is 12.8. The third-order valence-corrected chi connectivity index (χ3v) is 6.61. The highest BCUT2D eigenvalue weighted by Crippen LogP contribution is 2.35. The summed E-state index contributed by atoms with van der Waals surface area (Å²) in [6.45, 7) is 4.96. The summed E-state index contributed by atoms with van der Waals surface area (Å²) in [6, 6.07) is 17.1. The predicted octanol–water partition coefficient (Wildman–Crippen LogP) is 8.02. The number of halogens is 1. The number of carbonyl (C=O) groups excluding carboxylic acids is 1. The molecular formula is C29H39FO3. The van der Waals surface area contributed by atoms with Crippen LogP contribution >= 0.6 is 0 Å². The van der Waals surface area contributed by atoms with Crippen LogP contribution in [0.15, 0.2) is 48.5 Å². The Balaban J connectivity index is 1.46. The number of hydrogen-bond acceptors (Lipinski definition) is 3. The average Bonchev–Trinajstić information content (AvgIpc) is 2.86. The maximum absolute atomic E-state index is 13.9. The summed E-state index contributed by atoms with van der Waals surface area (Å²) in [4.78, 5) is 11.9. The lowest BCUT2D eigenvalue weighted by atomic mass is 9.82. The monoisotopic (exact) mass is 454 g/mol. The first kappa shape index (κ1) is 25.3. The molecule has 0 amide bonds. The molecule has 0 aliphatic heterocycles. The van der Waals surface area contributed by atoms with Crippen LogP contribution < -0.4 is 4.74 Å². The van der Waals surface area contributed by atoms with E-state index in [0.29, 0.717) is 5.92 Å². The second-order valence-corrected chi connectivity index (χ2v) is 9.22. The quantitative estimate of drug-likeness (QED) is 0.241. The second kappa shape index (κ2) is 13.4. The van der Waals surface area contributed by atoms with E-state index in [9.17, 15) is 9.18 Å². The van der Waals surface area contributed by atoms with Gasteiger partial charge in [0.05, 0.1) is 6.61 Å². The predicted molar refractivity (Wildman–Crippen MR) is 132 cm³/mol. The maximum atomic E-state index is 13.9. The van der Waals surface area contributed by atoms with Crippen molar-refractivity contribution in [2.24, 2.45) is 0 Å². The molecule has 1 aliphatic rings. The molecule has 1 atom stereocenters. The molecule has 0 aromatic heterocycles. The molecule has 0 N–H and O–H groups in total. The molecule has 0 spiro atoms. The summed E-state index contributed by atoms with van der Waals surface area (Å²) in [6.07, 6.45) is 7.29. The van der Waals surface area contributed by atoms with E-state index in [0.717, 1.165) is 57.3 Å². The third-order valence-electron chi connectivity index (χ3n) is 6.61. The highest BCUT2D eigenvalue weighted by atomic mass is 19.1. The zero-order valence-electron chi connectivity index (χ0n) is 20.2. The Kier molecular flexibility index (Phi) is 10.2. The van der Waals surface area contributed by atoms with E-state index in [4.69, 9.17) is 9.47 Å². The van der Waals surface area contributed by atoms with Crippen LogP contribution in [-0.4, -0.2) is 24.9 Å². The molecule has 1 aliphatic carbocycles. The van der Waals surface area contributed by atoms with Crippen molar-refractivity contribution in [2.75, 3.05) is 6.61 Å². The molecule has 4 heteroatoms. The van der Waals surface area contributed by atoms with Crippen molar-refractivity contribution in [1.29, 1.82) is 0 Å². The van der Waals surface area contributed by atoms with Gasteiger partial charge in [-0.05, 0) is 73.3 Å². The van der Waals surface area contributed by atoms with Crippen LogP contribution in [0.2, 0.25) is 0 Å². The molecule has 3 rings (SSSR count). The number of unbranched alkanes of at least 4 members (excludes halogenated alkanes) is 3. The Morgan fingerprint density at radius 3 is 2.09 bits per heavy atom. The van der Waals surface area contributed by atoms with Crippen LogP contribution in [0, 0.1) is 0 Å². The standard InChI is InChI=1S/C29H39FO3/c1-3-5-7-21-32-26-17-13-24(14-18-26)22-9-11-23(12-10-22)25-15-19-27(20-16-25)33-29(31)28(30)8-6-4-2/h9-14,17-18,25,27-28H,3-8,15-16,19-21H2,1-2H3/t25-,27-,28-/m0/s1. The number of esters is 1. The molecule has 0 heterocycles. The number of ether oxygens (including phenoxy) is 2.